The van der Waals surface area contributed by atoms with Crippen molar-refractivity contribution < 1.29 is 0 Å². The molecule has 0 saturated carbocycles. The van der Waals surface area contributed by atoms with Gasteiger partial charge in [0.2, 0.25) is 0 Å². The van der Waals surface area contributed by atoms with E-state index in [0.717, 1.165) is 17.8 Å². The number of hydrogen-bond acceptors (Lipinski definition) is 2. The van der Waals surface area contributed by atoms with E-state index < -0.39 is 0 Å². The second-order valence-corrected chi connectivity index (χ2v) is 3.37. The third-order valence-electron chi connectivity index (χ3n) is 2.08. The van der Waals surface area contributed by atoms with Crippen molar-refractivity contribution in [3.63, 3.8) is 0 Å². The maximum Gasteiger partial charge on any atom is 0.251 e. The number of rotatable bonds is 4. The summed E-state index contributed by atoms with van der Waals surface area (Å²) in [5.41, 5.74) is 2.00. The minimum atomic E-state index is 0.0299. The zero-order chi connectivity index (χ0) is 10.6. The molecule has 1 aromatic rings. The maximum absolute atomic E-state index is 11.5. The molecule has 0 spiro atoms. The number of aryl methyl sites for hydroxylation is 1. The highest BCUT2D eigenvalue weighted by molar-refractivity contribution is 5.08. The third-order valence-corrected chi connectivity index (χ3v) is 2.08. The smallest absolute Gasteiger partial charge is 0.251 e. The minimum Gasteiger partial charge on any atom is -0.316 e. The quantitative estimate of drug-likeness (QED) is 0.720. The highest BCUT2D eigenvalue weighted by Crippen LogP contribution is 1.98. The van der Waals surface area contributed by atoms with Gasteiger partial charge in [-0.15, -0.1) is 0 Å². The second kappa shape index (κ2) is 4.77. The molecular weight excluding hydrogens is 176 g/mol. The minimum absolute atomic E-state index is 0.0299. The monoisotopic (exact) mass is 192 g/mol. The Morgan fingerprint density at radius 3 is 2.86 bits per heavy atom. The van der Waals surface area contributed by atoms with Crippen molar-refractivity contribution in [3.8, 4) is 0 Å². The molecule has 1 N–H and O–H groups in total. The second-order valence-electron chi connectivity index (χ2n) is 3.37. The first-order valence-corrected chi connectivity index (χ1v) is 4.63. The van der Waals surface area contributed by atoms with Crippen molar-refractivity contribution in [2.45, 2.75) is 13.5 Å². The van der Waals surface area contributed by atoms with Gasteiger partial charge in [-0.25, -0.2) is 0 Å². The molecule has 3 heteroatoms. The van der Waals surface area contributed by atoms with Crippen LogP contribution in [0.4, 0.5) is 0 Å². The van der Waals surface area contributed by atoms with Crippen LogP contribution in [0.25, 0.3) is 0 Å². The zero-order valence-corrected chi connectivity index (χ0v) is 8.71. The van der Waals surface area contributed by atoms with Gasteiger partial charge in [0, 0.05) is 24.8 Å². The topological polar surface area (TPSA) is 34.0 Å². The van der Waals surface area contributed by atoms with Gasteiger partial charge < -0.3 is 9.88 Å². The van der Waals surface area contributed by atoms with Gasteiger partial charge in [0.05, 0.1) is 0 Å². The summed E-state index contributed by atoms with van der Waals surface area (Å²) in [7, 11) is 1.87. The lowest BCUT2D eigenvalue weighted by Crippen LogP contribution is -2.24. The van der Waals surface area contributed by atoms with Crippen molar-refractivity contribution in [1.82, 2.24) is 9.88 Å². The van der Waals surface area contributed by atoms with Gasteiger partial charge in [-0.1, -0.05) is 12.6 Å². The van der Waals surface area contributed by atoms with E-state index in [2.05, 4.69) is 11.9 Å². The average Bonchev–Trinajstić information content (AvgIpc) is 2.12. The van der Waals surface area contributed by atoms with Crippen molar-refractivity contribution in [1.29, 1.82) is 0 Å². The predicted molar refractivity (Wildman–Crippen MR) is 58.5 cm³/mol. The molecule has 0 bridgehead atoms. The van der Waals surface area contributed by atoms with E-state index >= 15 is 0 Å². The van der Waals surface area contributed by atoms with Gasteiger partial charge in [0.1, 0.15) is 0 Å². The van der Waals surface area contributed by atoms with Crippen LogP contribution in [0.5, 0.6) is 0 Å². The summed E-state index contributed by atoms with van der Waals surface area (Å²) in [6.07, 6.45) is 0. The Labute approximate surface area is 84.1 Å². The van der Waals surface area contributed by atoms with Gasteiger partial charge in [-0.05, 0) is 25.6 Å². The molecule has 14 heavy (non-hydrogen) atoms. The fraction of sp³-hybridized carbons (Fsp3) is 0.364. The Morgan fingerprint density at radius 2 is 2.29 bits per heavy atom. The molecule has 1 aromatic heterocycles. The summed E-state index contributed by atoms with van der Waals surface area (Å²) in [5, 5.41) is 3.01. The molecule has 1 rings (SSSR count). The first-order valence-electron chi connectivity index (χ1n) is 4.63. The van der Waals surface area contributed by atoms with Gasteiger partial charge in [-0.3, -0.25) is 4.79 Å². The van der Waals surface area contributed by atoms with Crippen LogP contribution in [-0.2, 0) is 6.54 Å². The van der Waals surface area contributed by atoms with Crippen LogP contribution in [0.1, 0.15) is 5.69 Å². The Kier molecular flexibility index (Phi) is 3.65. The number of pyridine rings is 1. The molecule has 0 unspecified atom stereocenters. The highest BCUT2D eigenvalue weighted by atomic mass is 16.1. The summed E-state index contributed by atoms with van der Waals surface area (Å²) in [6.45, 7) is 7.15. The van der Waals surface area contributed by atoms with Crippen LogP contribution in [0.15, 0.2) is 35.1 Å². The van der Waals surface area contributed by atoms with Gasteiger partial charge in [0.25, 0.3) is 5.56 Å². The van der Waals surface area contributed by atoms with E-state index in [0.29, 0.717) is 6.54 Å². The van der Waals surface area contributed by atoms with E-state index in [1.54, 1.807) is 16.7 Å². The summed E-state index contributed by atoms with van der Waals surface area (Å²) in [4.78, 5) is 11.5. The summed E-state index contributed by atoms with van der Waals surface area (Å²) >= 11 is 0. The molecule has 0 aliphatic carbocycles. The molecular formula is C11H16N2O. The molecule has 0 atom stereocenters. The molecule has 0 saturated heterocycles. The zero-order valence-electron chi connectivity index (χ0n) is 8.71. The van der Waals surface area contributed by atoms with Gasteiger partial charge in [-0.2, -0.15) is 0 Å². The first-order chi connectivity index (χ1) is 6.65. The summed E-state index contributed by atoms with van der Waals surface area (Å²) in [6, 6.07) is 5.27. The Balaban J connectivity index is 2.86. The first kappa shape index (κ1) is 10.7. The van der Waals surface area contributed by atoms with E-state index in [9.17, 15) is 4.79 Å². The number of hydrogen-bond donors (Lipinski definition) is 1. The Hall–Kier alpha value is -1.35. The van der Waals surface area contributed by atoms with E-state index in [4.69, 9.17) is 0 Å². The van der Waals surface area contributed by atoms with E-state index in [1.165, 1.54) is 0 Å². The molecule has 0 fully saturated rings. The SMILES string of the molecule is C=C(CNC)Cn1c(C)cccc1=O. The number of aromatic nitrogens is 1. The third kappa shape index (κ3) is 2.57. The molecule has 0 radical (unpaired) electrons. The fourth-order valence-electron chi connectivity index (χ4n) is 1.36. The summed E-state index contributed by atoms with van der Waals surface area (Å²) < 4.78 is 1.72. The normalized spacial score (nSPS) is 10.1. The van der Waals surface area contributed by atoms with Crippen LogP contribution in [0, 0.1) is 6.92 Å². The molecule has 3 nitrogen and oxygen atoms in total. The molecule has 0 aliphatic rings. The molecule has 1 heterocycles. The van der Waals surface area contributed by atoms with Crippen LogP contribution in [0.3, 0.4) is 0 Å². The van der Waals surface area contributed by atoms with Crippen molar-refractivity contribution in [2.75, 3.05) is 13.6 Å². The van der Waals surface area contributed by atoms with Crippen LogP contribution >= 0.6 is 0 Å². The van der Waals surface area contributed by atoms with Crippen LogP contribution in [-0.4, -0.2) is 18.2 Å². The lowest BCUT2D eigenvalue weighted by Gasteiger charge is -2.10. The van der Waals surface area contributed by atoms with Crippen LogP contribution < -0.4 is 10.9 Å². The maximum atomic E-state index is 11.5. The van der Waals surface area contributed by atoms with Gasteiger partial charge >= 0.3 is 0 Å². The fourth-order valence-corrected chi connectivity index (χ4v) is 1.36. The molecule has 0 aromatic carbocycles. The predicted octanol–water partition coefficient (Wildman–Crippen LogP) is 0.932. The summed E-state index contributed by atoms with van der Waals surface area (Å²) in [5.74, 6) is 0. The van der Waals surface area contributed by atoms with Crippen molar-refractivity contribution in [2.24, 2.45) is 0 Å². The molecule has 0 aliphatic heterocycles. The van der Waals surface area contributed by atoms with E-state index in [-0.39, 0.29) is 5.56 Å². The van der Waals surface area contributed by atoms with Crippen molar-refractivity contribution >= 4 is 0 Å². The Morgan fingerprint density at radius 1 is 1.57 bits per heavy atom. The largest absolute Gasteiger partial charge is 0.316 e. The number of nitrogens with zero attached hydrogens (tertiary/aromatic N) is 1. The number of nitrogens with one attached hydrogen (secondary N) is 1. The van der Waals surface area contributed by atoms with Gasteiger partial charge in [0.15, 0.2) is 0 Å². The standard InChI is InChI=1S/C11H16N2O/c1-9(7-12-3)8-13-10(2)5-4-6-11(13)14/h4-6,12H,1,7-8H2,2-3H3. The van der Waals surface area contributed by atoms with Crippen LogP contribution in [0.2, 0.25) is 0 Å². The lowest BCUT2D eigenvalue weighted by molar-refractivity contribution is 0.691. The molecule has 0 amide bonds. The molecule has 76 valence electrons. The van der Waals surface area contributed by atoms with E-state index in [1.807, 2.05) is 20.0 Å². The number of likely N-dealkylation sites (N-methyl/N-ethyl adjacent to an activating group) is 1. The van der Waals surface area contributed by atoms with Crippen molar-refractivity contribution in [3.05, 3.63) is 46.4 Å². The Bertz CT molecular complexity index is 379. The average molecular weight is 192 g/mol. The lowest BCUT2D eigenvalue weighted by atomic mass is 10.2. The highest BCUT2D eigenvalue weighted by Gasteiger charge is 2.00.